The lowest BCUT2D eigenvalue weighted by atomic mass is 10.2. The van der Waals surface area contributed by atoms with Crippen LogP contribution in [0.15, 0.2) is 29.3 Å². The SMILES string of the molecule is CCNC(=NCc1ccc(F)cc1)NCCN1CCN(CC)CC1.I. The summed E-state index contributed by atoms with van der Waals surface area (Å²) in [5.41, 5.74) is 1.00. The zero-order chi connectivity index (χ0) is 17.2. The van der Waals surface area contributed by atoms with Crippen LogP contribution >= 0.6 is 24.0 Å². The maximum atomic E-state index is 12.9. The smallest absolute Gasteiger partial charge is 0.191 e. The molecule has 7 heteroatoms. The number of piperazine rings is 1. The summed E-state index contributed by atoms with van der Waals surface area (Å²) in [6.45, 7) is 13.3. The van der Waals surface area contributed by atoms with Gasteiger partial charge in [0.05, 0.1) is 6.54 Å². The molecular formula is C18H31FIN5. The molecule has 142 valence electrons. The summed E-state index contributed by atoms with van der Waals surface area (Å²) in [5, 5.41) is 6.64. The number of nitrogens with one attached hydrogen (secondary N) is 2. The summed E-state index contributed by atoms with van der Waals surface area (Å²) in [5.74, 6) is 0.602. The van der Waals surface area contributed by atoms with Gasteiger partial charge in [0.15, 0.2) is 5.96 Å². The van der Waals surface area contributed by atoms with E-state index in [1.807, 2.05) is 0 Å². The van der Waals surface area contributed by atoms with Gasteiger partial charge in [-0.05, 0) is 31.2 Å². The Morgan fingerprint density at radius 2 is 1.68 bits per heavy atom. The van der Waals surface area contributed by atoms with Gasteiger partial charge < -0.3 is 15.5 Å². The van der Waals surface area contributed by atoms with Crippen LogP contribution in [0.3, 0.4) is 0 Å². The van der Waals surface area contributed by atoms with Crippen LogP contribution in [0.1, 0.15) is 19.4 Å². The van der Waals surface area contributed by atoms with Crippen molar-refractivity contribution in [2.75, 3.05) is 52.4 Å². The Balaban J connectivity index is 0.00000312. The molecule has 0 unspecified atom stereocenters. The fourth-order valence-electron chi connectivity index (χ4n) is 2.76. The van der Waals surface area contributed by atoms with E-state index in [1.54, 1.807) is 12.1 Å². The molecule has 5 nitrogen and oxygen atoms in total. The average molecular weight is 463 g/mol. The molecule has 1 aromatic rings. The van der Waals surface area contributed by atoms with Crippen LogP contribution in [-0.2, 0) is 6.54 Å². The molecule has 1 fully saturated rings. The number of aliphatic imine (C=N–C) groups is 1. The largest absolute Gasteiger partial charge is 0.357 e. The lowest BCUT2D eigenvalue weighted by Crippen LogP contribution is -2.49. The molecule has 1 aliphatic rings. The summed E-state index contributed by atoms with van der Waals surface area (Å²) >= 11 is 0. The molecule has 0 aliphatic carbocycles. The van der Waals surface area contributed by atoms with Gasteiger partial charge >= 0.3 is 0 Å². The van der Waals surface area contributed by atoms with Gasteiger partial charge in [0.25, 0.3) is 0 Å². The van der Waals surface area contributed by atoms with Crippen LogP contribution in [0.4, 0.5) is 4.39 Å². The second-order valence-corrected chi connectivity index (χ2v) is 6.02. The first-order valence-corrected chi connectivity index (χ1v) is 8.92. The Bertz CT molecular complexity index is 501. The van der Waals surface area contributed by atoms with Crippen LogP contribution < -0.4 is 10.6 Å². The van der Waals surface area contributed by atoms with Crippen molar-refractivity contribution in [1.29, 1.82) is 0 Å². The number of halogens is 2. The molecule has 0 radical (unpaired) electrons. The highest BCUT2D eigenvalue weighted by Crippen LogP contribution is 2.04. The molecule has 25 heavy (non-hydrogen) atoms. The predicted octanol–water partition coefficient (Wildman–Crippen LogP) is 2.14. The number of likely N-dealkylation sites (N-methyl/N-ethyl adjacent to an activating group) is 1. The van der Waals surface area contributed by atoms with E-state index < -0.39 is 0 Å². The monoisotopic (exact) mass is 463 g/mol. The number of hydrogen-bond donors (Lipinski definition) is 2. The van der Waals surface area contributed by atoms with Crippen molar-refractivity contribution in [3.63, 3.8) is 0 Å². The summed E-state index contributed by atoms with van der Waals surface area (Å²) in [6.07, 6.45) is 0. The van der Waals surface area contributed by atoms with E-state index in [9.17, 15) is 4.39 Å². The van der Waals surface area contributed by atoms with Crippen molar-refractivity contribution in [1.82, 2.24) is 20.4 Å². The molecule has 1 aromatic carbocycles. The van der Waals surface area contributed by atoms with Crippen molar-refractivity contribution in [3.8, 4) is 0 Å². The third-order valence-corrected chi connectivity index (χ3v) is 4.31. The summed E-state index contributed by atoms with van der Waals surface area (Å²) < 4.78 is 12.9. The first kappa shape index (κ1) is 22.1. The lowest BCUT2D eigenvalue weighted by molar-refractivity contribution is 0.139. The highest BCUT2D eigenvalue weighted by Gasteiger charge is 2.14. The van der Waals surface area contributed by atoms with E-state index in [1.165, 1.54) is 12.1 Å². The van der Waals surface area contributed by atoms with E-state index in [-0.39, 0.29) is 29.8 Å². The van der Waals surface area contributed by atoms with Crippen molar-refractivity contribution in [3.05, 3.63) is 35.6 Å². The molecule has 1 saturated heterocycles. The minimum atomic E-state index is -0.212. The molecule has 0 spiro atoms. The molecule has 1 aliphatic heterocycles. The maximum absolute atomic E-state index is 12.9. The van der Waals surface area contributed by atoms with Crippen LogP contribution in [0.2, 0.25) is 0 Å². The Morgan fingerprint density at radius 3 is 2.28 bits per heavy atom. The third-order valence-electron chi connectivity index (χ3n) is 4.31. The van der Waals surface area contributed by atoms with E-state index in [0.29, 0.717) is 6.54 Å². The highest BCUT2D eigenvalue weighted by molar-refractivity contribution is 14.0. The van der Waals surface area contributed by atoms with E-state index in [2.05, 4.69) is 39.3 Å². The van der Waals surface area contributed by atoms with Crippen molar-refractivity contribution < 1.29 is 4.39 Å². The number of hydrogen-bond acceptors (Lipinski definition) is 3. The minimum absolute atomic E-state index is 0. The summed E-state index contributed by atoms with van der Waals surface area (Å²) in [7, 11) is 0. The molecule has 0 atom stereocenters. The fraction of sp³-hybridized carbons (Fsp3) is 0.611. The predicted molar refractivity (Wildman–Crippen MR) is 113 cm³/mol. The van der Waals surface area contributed by atoms with E-state index >= 15 is 0 Å². The van der Waals surface area contributed by atoms with Gasteiger partial charge in [-0.1, -0.05) is 19.1 Å². The molecule has 0 bridgehead atoms. The van der Waals surface area contributed by atoms with Crippen molar-refractivity contribution >= 4 is 29.9 Å². The second kappa shape index (κ2) is 12.4. The van der Waals surface area contributed by atoms with Gasteiger partial charge in [-0.2, -0.15) is 0 Å². The van der Waals surface area contributed by atoms with Crippen LogP contribution in [0.25, 0.3) is 0 Å². The maximum Gasteiger partial charge on any atom is 0.191 e. The number of rotatable bonds is 7. The molecule has 0 saturated carbocycles. The molecule has 2 rings (SSSR count). The molecule has 1 heterocycles. The topological polar surface area (TPSA) is 42.9 Å². The Kier molecular flexibility index (Phi) is 11.0. The van der Waals surface area contributed by atoms with Gasteiger partial charge in [0.1, 0.15) is 5.82 Å². The third kappa shape index (κ3) is 8.33. The molecule has 0 aromatic heterocycles. The van der Waals surface area contributed by atoms with Crippen molar-refractivity contribution in [2.45, 2.75) is 20.4 Å². The lowest BCUT2D eigenvalue weighted by Gasteiger charge is -2.34. The Labute approximate surface area is 168 Å². The van der Waals surface area contributed by atoms with Crippen LogP contribution in [0, 0.1) is 5.82 Å². The normalized spacial score (nSPS) is 16.4. The summed E-state index contributed by atoms with van der Waals surface area (Å²) in [6, 6.07) is 6.49. The summed E-state index contributed by atoms with van der Waals surface area (Å²) in [4.78, 5) is 9.54. The van der Waals surface area contributed by atoms with Gasteiger partial charge in [-0.25, -0.2) is 9.38 Å². The fourth-order valence-corrected chi connectivity index (χ4v) is 2.76. The van der Waals surface area contributed by atoms with Gasteiger partial charge in [0.2, 0.25) is 0 Å². The number of nitrogens with zero attached hydrogens (tertiary/aromatic N) is 3. The van der Waals surface area contributed by atoms with Crippen molar-refractivity contribution in [2.24, 2.45) is 4.99 Å². The average Bonchev–Trinajstić information content (AvgIpc) is 2.61. The quantitative estimate of drug-likeness (QED) is 0.370. The zero-order valence-electron chi connectivity index (χ0n) is 15.3. The Morgan fingerprint density at radius 1 is 1.04 bits per heavy atom. The number of guanidine groups is 1. The minimum Gasteiger partial charge on any atom is -0.357 e. The van der Waals surface area contributed by atoms with Gasteiger partial charge in [0, 0.05) is 45.8 Å². The first-order valence-electron chi connectivity index (χ1n) is 8.92. The molecule has 0 amide bonds. The second-order valence-electron chi connectivity index (χ2n) is 6.02. The first-order chi connectivity index (χ1) is 11.7. The van der Waals surface area contributed by atoms with E-state index in [4.69, 9.17) is 0 Å². The zero-order valence-corrected chi connectivity index (χ0v) is 17.6. The Hall–Kier alpha value is -0.930. The molecular weight excluding hydrogens is 432 g/mol. The van der Waals surface area contributed by atoms with Crippen LogP contribution in [0.5, 0.6) is 0 Å². The molecule has 2 N–H and O–H groups in total. The van der Waals surface area contributed by atoms with E-state index in [0.717, 1.165) is 63.9 Å². The van der Waals surface area contributed by atoms with Crippen LogP contribution in [-0.4, -0.2) is 68.1 Å². The highest BCUT2D eigenvalue weighted by atomic mass is 127. The number of benzene rings is 1. The standard InChI is InChI=1S/C18H30FN5.HI/c1-3-20-18(22-15-16-5-7-17(19)8-6-16)21-9-10-24-13-11-23(4-2)12-14-24;/h5-8H,3-4,9-15H2,1-2H3,(H2,20,21,22);1H. The van der Waals surface area contributed by atoms with Gasteiger partial charge in [-0.15, -0.1) is 24.0 Å². The van der Waals surface area contributed by atoms with Gasteiger partial charge in [-0.3, -0.25) is 4.90 Å².